The van der Waals surface area contributed by atoms with Gasteiger partial charge in [-0.3, -0.25) is 9.59 Å². The Balaban J connectivity index is 1.58. The summed E-state index contributed by atoms with van der Waals surface area (Å²) in [6.07, 6.45) is 1.72. The van der Waals surface area contributed by atoms with Crippen LogP contribution in [-0.2, 0) is 33.6 Å². The molecule has 1 spiro atoms. The molecule has 1 saturated carbocycles. The summed E-state index contributed by atoms with van der Waals surface area (Å²) in [7, 11) is 0. The van der Waals surface area contributed by atoms with E-state index in [0.717, 1.165) is 19.3 Å². The van der Waals surface area contributed by atoms with Crippen LogP contribution >= 0.6 is 0 Å². The highest BCUT2D eigenvalue weighted by Gasteiger charge is 2.69. The summed E-state index contributed by atoms with van der Waals surface area (Å²) < 4.78 is 17.8. The number of esters is 1. The van der Waals surface area contributed by atoms with Crippen molar-refractivity contribution in [2.24, 2.45) is 23.7 Å². The van der Waals surface area contributed by atoms with Crippen molar-refractivity contribution in [1.82, 2.24) is 0 Å². The van der Waals surface area contributed by atoms with Gasteiger partial charge >= 0.3 is 11.9 Å². The number of fused-ring (bicyclic) bond motifs is 2. The lowest BCUT2D eigenvalue weighted by Gasteiger charge is -2.59. The Labute approximate surface area is 158 Å². The highest BCUT2D eigenvalue weighted by atomic mass is 17.3. The maximum Gasteiger partial charge on any atom is 0.308 e. The molecule has 4 aliphatic heterocycles. The maximum absolute atomic E-state index is 12.1. The van der Waals surface area contributed by atoms with Crippen LogP contribution in [0.15, 0.2) is 0 Å². The van der Waals surface area contributed by atoms with Gasteiger partial charge in [0.15, 0.2) is 11.9 Å². The molecule has 2 bridgehead atoms. The van der Waals surface area contributed by atoms with Crippen LogP contribution in [0.25, 0.3) is 0 Å². The topological polar surface area (TPSA) is 101 Å². The molecule has 4 heterocycles. The Kier molecular flexibility index (Phi) is 4.73. The van der Waals surface area contributed by atoms with Gasteiger partial charge in [-0.05, 0) is 38.0 Å². The van der Waals surface area contributed by atoms with Crippen molar-refractivity contribution in [3.63, 3.8) is 0 Å². The number of hydrogen-bond acceptors (Lipinski definition) is 7. The van der Waals surface area contributed by atoms with Gasteiger partial charge in [-0.15, -0.1) is 0 Å². The van der Waals surface area contributed by atoms with Gasteiger partial charge in [-0.1, -0.05) is 13.8 Å². The number of carbonyl (C=O) groups is 2. The maximum atomic E-state index is 12.1. The van der Waals surface area contributed by atoms with E-state index in [2.05, 4.69) is 6.92 Å². The molecule has 8 heteroatoms. The first kappa shape index (κ1) is 19.1. The highest BCUT2D eigenvalue weighted by molar-refractivity contribution is 5.76. The molecule has 5 aliphatic rings. The van der Waals surface area contributed by atoms with Gasteiger partial charge in [0, 0.05) is 18.3 Å². The smallest absolute Gasteiger partial charge is 0.308 e. The fourth-order valence-corrected chi connectivity index (χ4v) is 5.40. The predicted octanol–water partition coefficient (Wildman–Crippen LogP) is 2.60. The Bertz CT molecular complexity index is 623. The average molecular weight is 384 g/mol. The van der Waals surface area contributed by atoms with E-state index in [1.54, 1.807) is 0 Å². The van der Waals surface area contributed by atoms with Crippen molar-refractivity contribution >= 4 is 11.9 Å². The minimum Gasteiger partial charge on any atom is -0.481 e. The first-order valence-corrected chi connectivity index (χ1v) is 9.86. The van der Waals surface area contributed by atoms with Crippen molar-refractivity contribution in [2.75, 3.05) is 0 Å². The van der Waals surface area contributed by atoms with Crippen molar-refractivity contribution in [3.8, 4) is 0 Å². The lowest BCUT2D eigenvalue weighted by atomic mass is 9.58. The molecule has 8 nitrogen and oxygen atoms in total. The van der Waals surface area contributed by atoms with E-state index in [4.69, 9.17) is 29.1 Å². The molecule has 0 radical (unpaired) electrons. The van der Waals surface area contributed by atoms with E-state index in [9.17, 15) is 9.59 Å². The average Bonchev–Trinajstić information content (AvgIpc) is 2.84. The molecule has 27 heavy (non-hydrogen) atoms. The minimum absolute atomic E-state index is 0.0670. The van der Waals surface area contributed by atoms with Gasteiger partial charge in [-0.2, -0.15) is 0 Å². The Hall–Kier alpha value is -1.22. The zero-order valence-electron chi connectivity index (χ0n) is 16.0. The fraction of sp³-hybridized carbons (Fsp3) is 0.895. The molecular weight excluding hydrogens is 356 g/mol. The zero-order chi connectivity index (χ0) is 19.4. The summed E-state index contributed by atoms with van der Waals surface area (Å²) in [4.78, 5) is 34.5. The van der Waals surface area contributed by atoms with Gasteiger partial charge in [0.25, 0.3) is 0 Å². The third-order valence-corrected chi connectivity index (χ3v) is 6.89. The van der Waals surface area contributed by atoms with Crippen LogP contribution in [0.5, 0.6) is 0 Å². The second kappa shape index (κ2) is 6.69. The normalized spacial score (nSPS) is 48.4. The molecule has 0 aromatic carbocycles. The molecule has 5 rings (SSSR count). The monoisotopic (exact) mass is 384 g/mol. The van der Waals surface area contributed by atoms with E-state index in [-0.39, 0.29) is 30.6 Å². The summed E-state index contributed by atoms with van der Waals surface area (Å²) in [6.45, 7) is 6.06. The van der Waals surface area contributed by atoms with Crippen molar-refractivity contribution in [3.05, 3.63) is 0 Å². The number of ether oxygens (including phenoxy) is 3. The molecule has 5 fully saturated rings. The summed E-state index contributed by atoms with van der Waals surface area (Å²) in [6, 6.07) is 0. The fourth-order valence-electron chi connectivity index (χ4n) is 5.40. The van der Waals surface area contributed by atoms with Crippen molar-refractivity contribution < 1.29 is 38.7 Å². The zero-order valence-corrected chi connectivity index (χ0v) is 16.0. The van der Waals surface area contributed by atoms with E-state index in [0.29, 0.717) is 12.3 Å². The first-order chi connectivity index (χ1) is 12.7. The molecule has 0 aromatic heterocycles. The van der Waals surface area contributed by atoms with Crippen LogP contribution in [0, 0.1) is 23.7 Å². The van der Waals surface area contributed by atoms with E-state index in [1.807, 2.05) is 13.8 Å². The van der Waals surface area contributed by atoms with Gasteiger partial charge in [0.2, 0.25) is 12.1 Å². The van der Waals surface area contributed by atoms with E-state index >= 15 is 0 Å². The van der Waals surface area contributed by atoms with Crippen LogP contribution in [0.2, 0.25) is 0 Å². The SMILES string of the molecule is C[C@@H]1CCC2[C@@H](C)[C@H](OC(=O)CCC(=O)O)O[C@@H]3O[C@@]4(C)CC[C@@H]1[C@@]23OO4. The summed E-state index contributed by atoms with van der Waals surface area (Å²) >= 11 is 0. The molecule has 0 amide bonds. The van der Waals surface area contributed by atoms with Crippen molar-refractivity contribution in [1.29, 1.82) is 0 Å². The number of rotatable bonds is 4. The third-order valence-electron chi connectivity index (χ3n) is 6.89. The van der Waals surface area contributed by atoms with Crippen LogP contribution in [0.3, 0.4) is 0 Å². The third kappa shape index (κ3) is 3.06. The van der Waals surface area contributed by atoms with Crippen LogP contribution < -0.4 is 0 Å². The summed E-state index contributed by atoms with van der Waals surface area (Å²) in [5.41, 5.74) is -0.697. The van der Waals surface area contributed by atoms with Crippen LogP contribution in [-0.4, -0.2) is 41.0 Å². The Morgan fingerprint density at radius 1 is 1.11 bits per heavy atom. The molecule has 0 aromatic rings. The molecule has 1 aliphatic carbocycles. The number of hydrogen-bond donors (Lipinski definition) is 1. The second-order valence-corrected chi connectivity index (χ2v) is 8.66. The lowest BCUT2D eigenvalue weighted by molar-refractivity contribution is -0.576. The van der Waals surface area contributed by atoms with Gasteiger partial charge in [-0.25, -0.2) is 9.78 Å². The molecule has 8 atom stereocenters. The van der Waals surface area contributed by atoms with Gasteiger partial charge in [0.05, 0.1) is 12.8 Å². The largest absolute Gasteiger partial charge is 0.481 e. The quantitative estimate of drug-likeness (QED) is 0.583. The van der Waals surface area contributed by atoms with E-state index < -0.39 is 35.9 Å². The van der Waals surface area contributed by atoms with Gasteiger partial charge < -0.3 is 19.3 Å². The lowest BCUT2D eigenvalue weighted by Crippen LogP contribution is -2.70. The first-order valence-electron chi connectivity index (χ1n) is 9.86. The number of carbonyl (C=O) groups excluding carboxylic acids is 1. The summed E-state index contributed by atoms with van der Waals surface area (Å²) in [5.74, 6) is -1.82. The Morgan fingerprint density at radius 3 is 2.63 bits per heavy atom. The highest BCUT2D eigenvalue weighted by Crippen LogP contribution is 2.60. The molecule has 1 unspecified atom stereocenters. The van der Waals surface area contributed by atoms with Crippen molar-refractivity contribution in [2.45, 2.75) is 83.3 Å². The molecule has 4 saturated heterocycles. The molecular formula is C19H28O8. The molecule has 1 N–H and O–H groups in total. The Morgan fingerprint density at radius 2 is 1.89 bits per heavy atom. The number of carboxylic acid groups (broad SMARTS) is 1. The predicted molar refractivity (Wildman–Crippen MR) is 89.8 cm³/mol. The number of aliphatic carboxylic acids is 1. The van der Waals surface area contributed by atoms with Gasteiger partial charge in [0.1, 0.15) is 0 Å². The van der Waals surface area contributed by atoms with Crippen LogP contribution in [0.1, 0.15) is 59.3 Å². The molecule has 152 valence electrons. The number of carboxylic acids is 1. The van der Waals surface area contributed by atoms with Crippen LogP contribution in [0.4, 0.5) is 0 Å². The standard InChI is InChI=1S/C19H28O8/c1-10-4-5-13-11(2)16(23-15(22)7-6-14(20)21)24-17-19(13)12(10)8-9-18(3,25-17)26-27-19/h10-13,16-17H,4-9H2,1-3H3,(H,20,21)/t10-,11-,12+,13?,16-,17-,18-,19-/m1/s1. The minimum atomic E-state index is -1.03. The summed E-state index contributed by atoms with van der Waals surface area (Å²) in [5, 5.41) is 8.76. The van der Waals surface area contributed by atoms with E-state index in [1.165, 1.54) is 0 Å². The second-order valence-electron chi connectivity index (χ2n) is 8.66.